The molecule has 2 aliphatic rings. The number of hydrogen-bond acceptors (Lipinski definition) is 2. The molecule has 0 N–H and O–H groups in total. The normalized spacial score (nSPS) is 35.1. The monoisotopic (exact) mass is 228 g/mol. The van der Waals surface area contributed by atoms with Crippen molar-refractivity contribution >= 4 is 0 Å². The zero-order valence-electron chi connectivity index (χ0n) is 11.0. The smallest absolute Gasteiger partial charge is 0.115 e. The van der Waals surface area contributed by atoms with E-state index in [-0.39, 0.29) is 11.5 Å². The highest BCUT2D eigenvalue weighted by Crippen LogP contribution is 2.28. The SMILES string of the molecule is C[C@@H]1CCN(C2CN(C(C)(C)C)C2)C[C@@H]1F. The quantitative estimate of drug-likeness (QED) is 0.678. The summed E-state index contributed by atoms with van der Waals surface area (Å²) in [5.74, 6) is 0.259. The van der Waals surface area contributed by atoms with Gasteiger partial charge in [-0.2, -0.15) is 0 Å². The van der Waals surface area contributed by atoms with Crippen LogP contribution in [0.15, 0.2) is 0 Å². The van der Waals surface area contributed by atoms with Crippen LogP contribution in [0.5, 0.6) is 0 Å². The number of piperidine rings is 1. The van der Waals surface area contributed by atoms with Gasteiger partial charge in [-0.15, -0.1) is 0 Å². The fourth-order valence-corrected chi connectivity index (χ4v) is 2.61. The molecule has 0 spiro atoms. The van der Waals surface area contributed by atoms with Gasteiger partial charge in [-0.05, 0) is 39.7 Å². The van der Waals surface area contributed by atoms with Crippen molar-refractivity contribution in [2.45, 2.75) is 51.9 Å². The Hall–Kier alpha value is -0.150. The third kappa shape index (κ3) is 2.40. The first-order valence-electron chi connectivity index (χ1n) is 6.51. The van der Waals surface area contributed by atoms with Crippen LogP contribution in [0.3, 0.4) is 0 Å². The molecule has 94 valence electrons. The number of halogens is 1. The van der Waals surface area contributed by atoms with Crippen molar-refractivity contribution < 1.29 is 4.39 Å². The highest BCUT2D eigenvalue weighted by molar-refractivity contribution is 4.96. The molecule has 2 atom stereocenters. The van der Waals surface area contributed by atoms with Gasteiger partial charge in [-0.25, -0.2) is 4.39 Å². The van der Waals surface area contributed by atoms with Crippen molar-refractivity contribution in [3.8, 4) is 0 Å². The Morgan fingerprint density at radius 3 is 2.25 bits per heavy atom. The number of nitrogens with zero attached hydrogens (tertiary/aromatic N) is 2. The maximum atomic E-state index is 13.6. The largest absolute Gasteiger partial charge is 0.295 e. The Labute approximate surface area is 98.8 Å². The molecule has 2 saturated heterocycles. The summed E-state index contributed by atoms with van der Waals surface area (Å²) in [5.41, 5.74) is 0.273. The Balaban J connectivity index is 1.80. The van der Waals surface area contributed by atoms with Crippen LogP contribution in [0.1, 0.15) is 34.1 Å². The molecule has 2 fully saturated rings. The van der Waals surface area contributed by atoms with Crippen molar-refractivity contribution in [3.63, 3.8) is 0 Å². The van der Waals surface area contributed by atoms with Crippen molar-refractivity contribution in [1.82, 2.24) is 9.80 Å². The number of alkyl halides is 1. The molecule has 0 radical (unpaired) electrons. The van der Waals surface area contributed by atoms with E-state index in [1.165, 1.54) is 0 Å². The van der Waals surface area contributed by atoms with E-state index < -0.39 is 6.17 Å². The fraction of sp³-hybridized carbons (Fsp3) is 1.00. The van der Waals surface area contributed by atoms with E-state index in [0.29, 0.717) is 12.6 Å². The van der Waals surface area contributed by atoms with Crippen molar-refractivity contribution in [2.75, 3.05) is 26.2 Å². The lowest BCUT2D eigenvalue weighted by Crippen LogP contribution is -2.66. The van der Waals surface area contributed by atoms with Gasteiger partial charge in [0.05, 0.1) is 0 Å². The molecular weight excluding hydrogens is 203 g/mol. The van der Waals surface area contributed by atoms with Gasteiger partial charge < -0.3 is 0 Å². The third-order valence-corrected chi connectivity index (χ3v) is 4.23. The molecule has 0 aliphatic carbocycles. The Morgan fingerprint density at radius 1 is 1.12 bits per heavy atom. The molecule has 2 rings (SSSR count). The van der Waals surface area contributed by atoms with Gasteiger partial charge in [0.25, 0.3) is 0 Å². The maximum Gasteiger partial charge on any atom is 0.115 e. The summed E-state index contributed by atoms with van der Waals surface area (Å²) in [4.78, 5) is 4.83. The second-order valence-corrected chi connectivity index (χ2v) is 6.51. The molecule has 0 amide bonds. The lowest BCUT2D eigenvalue weighted by Gasteiger charge is -2.53. The van der Waals surface area contributed by atoms with Crippen LogP contribution in [-0.2, 0) is 0 Å². The molecule has 0 aromatic rings. The highest BCUT2D eigenvalue weighted by Gasteiger charge is 2.39. The van der Waals surface area contributed by atoms with Crippen LogP contribution in [0, 0.1) is 5.92 Å². The average Bonchev–Trinajstić information content (AvgIpc) is 2.06. The van der Waals surface area contributed by atoms with Crippen LogP contribution in [0.4, 0.5) is 4.39 Å². The van der Waals surface area contributed by atoms with E-state index in [1.54, 1.807) is 0 Å². The number of likely N-dealkylation sites (tertiary alicyclic amines) is 2. The maximum absolute atomic E-state index is 13.6. The average molecular weight is 228 g/mol. The summed E-state index contributed by atoms with van der Waals surface area (Å²) < 4.78 is 13.6. The standard InChI is InChI=1S/C13H25FN2/c1-10-5-6-15(9-12(10)14)11-7-16(8-11)13(2,3)4/h10-12H,5-9H2,1-4H3/t10-,12+/m1/s1. The van der Waals surface area contributed by atoms with Crippen molar-refractivity contribution in [2.24, 2.45) is 5.92 Å². The molecule has 0 aromatic heterocycles. The predicted molar refractivity (Wildman–Crippen MR) is 65.4 cm³/mol. The zero-order chi connectivity index (χ0) is 11.9. The minimum Gasteiger partial charge on any atom is -0.295 e. The number of hydrogen-bond donors (Lipinski definition) is 0. The van der Waals surface area contributed by atoms with Crippen LogP contribution in [0.2, 0.25) is 0 Å². The molecule has 2 aliphatic heterocycles. The summed E-state index contributed by atoms with van der Waals surface area (Å²) in [6.07, 6.45) is 0.408. The first-order valence-corrected chi connectivity index (χ1v) is 6.51. The fourth-order valence-electron chi connectivity index (χ4n) is 2.61. The lowest BCUT2D eigenvalue weighted by atomic mass is 9.92. The van der Waals surface area contributed by atoms with Gasteiger partial charge in [-0.3, -0.25) is 9.80 Å². The first-order chi connectivity index (χ1) is 7.38. The number of rotatable bonds is 1. The molecular formula is C13H25FN2. The Kier molecular flexibility index (Phi) is 3.28. The van der Waals surface area contributed by atoms with E-state index in [4.69, 9.17) is 0 Å². The molecule has 0 bridgehead atoms. The van der Waals surface area contributed by atoms with Gasteiger partial charge in [-0.1, -0.05) is 6.92 Å². The topological polar surface area (TPSA) is 6.48 Å². The van der Waals surface area contributed by atoms with E-state index >= 15 is 0 Å². The molecule has 0 unspecified atom stereocenters. The predicted octanol–water partition coefficient (Wildman–Crippen LogP) is 2.15. The summed E-state index contributed by atoms with van der Waals surface area (Å²) >= 11 is 0. The van der Waals surface area contributed by atoms with Gasteiger partial charge in [0, 0.05) is 31.2 Å². The molecule has 2 nitrogen and oxygen atoms in total. The summed E-state index contributed by atoms with van der Waals surface area (Å²) in [7, 11) is 0. The summed E-state index contributed by atoms with van der Waals surface area (Å²) in [5, 5.41) is 0. The van der Waals surface area contributed by atoms with E-state index in [0.717, 1.165) is 26.1 Å². The van der Waals surface area contributed by atoms with Crippen LogP contribution in [-0.4, -0.2) is 53.7 Å². The van der Waals surface area contributed by atoms with Crippen LogP contribution >= 0.6 is 0 Å². The molecule has 0 aromatic carbocycles. The van der Waals surface area contributed by atoms with Crippen LogP contribution < -0.4 is 0 Å². The first kappa shape index (κ1) is 12.3. The minimum atomic E-state index is -0.613. The molecule has 2 heterocycles. The summed E-state index contributed by atoms with van der Waals surface area (Å²) in [6, 6.07) is 0.602. The van der Waals surface area contributed by atoms with Gasteiger partial charge in [0.15, 0.2) is 0 Å². The van der Waals surface area contributed by atoms with E-state index in [1.807, 2.05) is 6.92 Å². The summed E-state index contributed by atoms with van der Waals surface area (Å²) in [6.45, 7) is 12.8. The molecule has 16 heavy (non-hydrogen) atoms. The van der Waals surface area contributed by atoms with Gasteiger partial charge in [0.2, 0.25) is 0 Å². The second kappa shape index (κ2) is 4.26. The Morgan fingerprint density at radius 2 is 1.75 bits per heavy atom. The van der Waals surface area contributed by atoms with Gasteiger partial charge >= 0.3 is 0 Å². The van der Waals surface area contributed by atoms with E-state index in [2.05, 4.69) is 30.6 Å². The second-order valence-electron chi connectivity index (χ2n) is 6.51. The lowest BCUT2D eigenvalue weighted by molar-refractivity contribution is -0.0469. The van der Waals surface area contributed by atoms with E-state index in [9.17, 15) is 4.39 Å². The Bertz CT molecular complexity index is 243. The highest BCUT2D eigenvalue weighted by atomic mass is 19.1. The minimum absolute atomic E-state index is 0.259. The molecule has 3 heteroatoms. The van der Waals surface area contributed by atoms with Crippen molar-refractivity contribution in [3.05, 3.63) is 0 Å². The van der Waals surface area contributed by atoms with Crippen LogP contribution in [0.25, 0.3) is 0 Å². The van der Waals surface area contributed by atoms with Crippen molar-refractivity contribution in [1.29, 1.82) is 0 Å². The zero-order valence-corrected chi connectivity index (χ0v) is 11.0. The molecule has 0 saturated carbocycles. The third-order valence-electron chi connectivity index (χ3n) is 4.23. The van der Waals surface area contributed by atoms with Gasteiger partial charge in [0.1, 0.15) is 6.17 Å².